The van der Waals surface area contributed by atoms with Gasteiger partial charge >= 0.3 is 12.4 Å². The highest BCUT2D eigenvalue weighted by Gasteiger charge is 2.30. The first kappa shape index (κ1) is 16.9. The van der Waals surface area contributed by atoms with E-state index >= 15 is 0 Å². The molecule has 1 rings (SSSR count). The number of ether oxygens (including phenoxy) is 2. The molecule has 0 heterocycles. The highest BCUT2D eigenvalue weighted by molar-refractivity contribution is 5.95. The summed E-state index contributed by atoms with van der Waals surface area (Å²) in [6.45, 7) is -3.36. The van der Waals surface area contributed by atoms with Crippen molar-refractivity contribution < 1.29 is 40.6 Å². The molecule has 10 heteroatoms. The van der Waals surface area contributed by atoms with Crippen LogP contribution in [0.2, 0.25) is 0 Å². The van der Waals surface area contributed by atoms with E-state index < -0.39 is 48.5 Å². The van der Waals surface area contributed by atoms with Crippen LogP contribution in [0.1, 0.15) is 10.4 Å². The zero-order valence-electron chi connectivity index (χ0n) is 10.2. The van der Waals surface area contributed by atoms with E-state index in [0.717, 1.165) is 18.2 Å². The zero-order chi connectivity index (χ0) is 16.3. The molecule has 0 saturated carbocycles. The number of rotatable bonds is 5. The lowest BCUT2D eigenvalue weighted by Crippen LogP contribution is -2.22. The van der Waals surface area contributed by atoms with Crippen molar-refractivity contribution in [3.05, 3.63) is 23.8 Å². The number of benzene rings is 1. The second-order valence-electron chi connectivity index (χ2n) is 3.83. The van der Waals surface area contributed by atoms with Gasteiger partial charge < -0.3 is 15.2 Å². The summed E-state index contributed by atoms with van der Waals surface area (Å²) in [4.78, 5) is 11.0. The van der Waals surface area contributed by atoms with Crippen molar-refractivity contribution in [1.82, 2.24) is 0 Å². The maximum atomic E-state index is 12.1. The van der Waals surface area contributed by atoms with Crippen molar-refractivity contribution in [2.45, 2.75) is 12.4 Å². The van der Waals surface area contributed by atoms with Gasteiger partial charge in [0.15, 0.2) is 13.2 Å². The fourth-order valence-corrected chi connectivity index (χ4v) is 1.24. The summed E-state index contributed by atoms with van der Waals surface area (Å²) in [7, 11) is 0. The number of nitrogens with two attached hydrogens (primary N) is 1. The van der Waals surface area contributed by atoms with E-state index in [0.29, 0.717) is 0 Å². The average Bonchev–Trinajstić information content (AvgIpc) is 2.32. The molecule has 1 aromatic carbocycles. The van der Waals surface area contributed by atoms with Gasteiger partial charge in [-0.05, 0) is 12.1 Å². The Labute approximate surface area is 114 Å². The second kappa shape index (κ2) is 6.10. The maximum Gasteiger partial charge on any atom is 0.422 e. The zero-order valence-corrected chi connectivity index (χ0v) is 10.2. The summed E-state index contributed by atoms with van der Waals surface area (Å²) in [6.07, 6.45) is -9.30. The number of alkyl halides is 6. The molecule has 0 saturated heterocycles. The fraction of sp³-hybridized carbons (Fsp3) is 0.364. The van der Waals surface area contributed by atoms with Gasteiger partial charge in [0.2, 0.25) is 0 Å². The smallest absolute Gasteiger partial charge is 0.422 e. The molecule has 118 valence electrons. The molecule has 0 atom stereocenters. The van der Waals surface area contributed by atoms with Gasteiger partial charge in [0.05, 0.1) is 5.56 Å². The van der Waals surface area contributed by atoms with Crippen molar-refractivity contribution in [2.24, 2.45) is 5.73 Å². The monoisotopic (exact) mass is 317 g/mol. The fourth-order valence-electron chi connectivity index (χ4n) is 1.24. The number of hydrogen-bond donors (Lipinski definition) is 1. The van der Waals surface area contributed by atoms with Crippen LogP contribution in [0.5, 0.6) is 11.5 Å². The number of halogens is 6. The second-order valence-corrected chi connectivity index (χ2v) is 3.83. The molecular weight excluding hydrogens is 308 g/mol. The Kier molecular flexibility index (Phi) is 4.92. The van der Waals surface area contributed by atoms with E-state index in [9.17, 15) is 31.1 Å². The topological polar surface area (TPSA) is 61.6 Å². The number of carbonyl (C=O) groups excluding carboxylic acids is 1. The molecule has 1 aromatic rings. The minimum atomic E-state index is -4.68. The van der Waals surface area contributed by atoms with Gasteiger partial charge in [-0.1, -0.05) is 0 Å². The summed E-state index contributed by atoms with van der Waals surface area (Å²) in [5.41, 5.74) is 4.52. The largest absolute Gasteiger partial charge is 0.484 e. The predicted molar refractivity (Wildman–Crippen MR) is 58.1 cm³/mol. The lowest BCUT2D eigenvalue weighted by Gasteiger charge is -2.14. The molecule has 0 fully saturated rings. The van der Waals surface area contributed by atoms with Gasteiger partial charge in [0.25, 0.3) is 5.91 Å². The molecule has 0 spiro atoms. The number of amides is 1. The van der Waals surface area contributed by atoms with E-state index in [1.54, 1.807) is 0 Å². The molecule has 0 aliphatic heterocycles. The first-order chi connectivity index (χ1) is 9.48. The SMILES string of the molecule is NC(=O)c1ccc(OCC(F)(F)F)cc1OCC(F)(F)F. The summed E-state index contributed by atoms with van der Waals surface area (Å²) >= 11 is 0. The van der Waals surface area contributed by atoms with Crippen molar-refractivity contribution in [3.8, 4) is 11.5 Å². The van der Waals surface area contributed by atoms with E-state index in [1.165, 1.54) is 0 Å². The summed E-state index contributed by atoms with van der Waals surface area (Å²) < 4.78 is 80.8. The molecule has 2 N–H and O–H groups in total. The highest BCUT2D eigenvalue weighted by atomic mass is 19.4. The van der Waals surface area contributed by atoms with E-state index in [4.69, 9.17) is 5.73 Å². The van der Waals surface area contributed by atoms with Gasteiger partial charge in [0.1, 0.15) is 11.5 Å². The number of primary amides is 1. The lowest BCUT2D eigenvalue weighted by molar-refractivity contribution is -0.153. The molecule has 0 unspecified atom stereocenters. The van der Waals surface area contributed by atoms with Crippen LogP contribution in [0, 0.1) is 0 Å². The van der Waals surface area contributed by atoms with E-state index in [1.807, 2.05) is 0 Å². The van der Waals surface area contributed by atoms with E-state index in [-0.39, 0.29) is 0 Å². The van der Waals surface area contributed by atoms with Crippen LogP contribution in [0.25, 0.3) is 0 Å². The van der Waals surface area contributed by atoms with Crippen LogP contribution in [-0.2, 0) is 0 Å². The van der Waals surface area contributed by atoms with Gasteiger partial charge in [0, 0.05) is 6.07 Å². The van der Waals surface area contributed by atoms with Crippen LogP contribution in [0.4, 0.5) is 26.3 Å². The Bertz CT molecular complexity index is 512. The normalized spacial score (nSPS) is 12.1. The van der Waals surface area contributed by atoms with Crippen molar-refractivity contribution in [1.29, 1.82) is 0 Å². The number of hydrogen-bond acceptors (Lipinski definition) is 3. The Morgan fingerprint density at radius 2 is 1.52 bits per heavy atom. The molecule has 0 aromatic heterocycles. The molecular formula is C11H9F6NO3. The predicted octanol–water partition coefficient (Wildman–Crippen LogP) is 2.67. The molecule has 0 aliphatic carbocycles. The van der Waals surface area contributed by atoms with Crippen LogP contribution in [0.15, 0.2) is 18.2 Å². The molecule has 0 radical (unpaired) electrons. The Balaban J connectivity index is 2.93. The van der Waals surface area contributed by atoms with Crippen LogP contribution in [0.3, 0.4) is 0 Å². The van der Waals surface area contributed by atoms with Crippen molar-refractivity contribution in [3.63, 3.8) is 0 Å². The highest BCUT2D eigenvalue weighted by Crippen LogP contribution is 2.28. The first-order valence-electron chi connectivity index (χ1n) is 5.31. The maximum absolute atomic E-state index is 12.1. The van der Waals surface area contributed by atoms with Gasteiger partial charge in [-0.25, -0.2) is 0 Å². The summed E-state index contributed by atoms with van der Waals surface area (Å²) in [5.74, 6) is -2.11. The number of carbonyl (C=O) groups is 1. The Morgan fingerprint density at radius 1 is 1.00 bits per heavy atom. The minimum Gasteiger partial charge on any atom is -0.484 e. The Morgan fingerprint density at radius 3 is 2.00 bits per heavy atom. The molecule has 4 nitrogen and oxygen atoms in total. The van der Waals surface area contributed by atoms with Crippen molar-refractivity contribution >= 4 is 5.91 Å². The molecule has 21 heavy (non-hydrogen) atoms. The molecule has 1 amide bonds. The third-order valence-corrected chi connectivity index (χ3v) is 2.01. The average molecular weight is 317 g/mol. The van der Waals surface area contributed by atoms with Crippen LogP contribution >= 0.6 is 0 Å². The summed E-state index contributed by atoms with van der Waals surface area (Å²) in [5, 5.41) is 0. The van der Waals surface area contributed by atoms with Crippen LogP contribution < -0.4 is 15.2 Å². The quantitative estimate of drug-likeness (QED) is 0.849. The molecule has 0 aliphatic rings. The van der Waals surface area contributed by atoms with Gasteiger partial charge in [-0.3, -0.25) is 4.79 Å². The van der Waals surface area contributed by atoms with Gasteiger partial charge in [-0.15, -0.1) is 0 Å². The third kappa shape index (κ3) is 6.23. The third-order valence-electron chi connectivity index (χ3n) is 2.01. The summed E-state index contributed by atoms with van der Waals surface area (Å²) in [6, 6.07) is 2.61. The lowest BCUT2D eigenvalue weighted by atomic mass is 10.2. The molecule has 0 bridgehead atoms. The Hall–Kier alpha value is -2.13. The van der Waals surface area contributed by atoms with Crippen LogP contribution in [-0.4, -0.2) is 31.5 Å². The standard InChI is InChI=1S/C11H9F6NO3/c12-10(13,14)4-20-6-1-2-7(9(18)19)8(3-6)21-5-11(15,16)17/h1-3H,4-5H2,(H2,18,19). The van der Waals surface area contributed by atoms with Gasteiger partial charge in [-0.2, -0.15) is 26.3 Å². The van der Waals surface area contributed by atoms with E-state index in [2.05, 4.69) is 9.47 Å². The minimum absolute atomic E-state index is 0.404. The first-order valence-corrected chi connectivity index (χ1v) is 5.31. The van der Waals surface area contributed by atoms with Crippen molar-refractivity contribution in [2.75, 3.05) is 13.2 Å².